The highest BCUT2D eigenvalue weighted by molar-refractivity contribution is 9.10. The van der Waals surface area contributed by atoms with E-state index in [9.17, 15) is 4.79 Å². The van der Waals surface area contributed by atoms with E-state index in [4.69, 9.17) is 0 Å². The van der Waals surface area contributed by atoms with Gasteiger partial charge in [0, 0.05) is 15.8 Å². The second-order valence-corrected chi connectivity index (χ2v) is 7.07. The molecular formula is C11H14BrNOS2. The summed E-state index contributed by atoms with van der Waals surface area (Å²) in [6, 6.07) is 1.91. The number of hydrogen-bond donors (Lipinski definition) is 1. The minimum absolute atomic E-state index is 0.0437. The summed E-state index contributed by atoms with van der Waals surface area (Å²) in [5, 5.41) is 4.96. The monoisotopic (exact) mass is 319 g/mol. The van der Waals surface area contributed by atoms with Gasteiger partial charge in [-0.3, -0.25) is 4.79 Å². The Kier molecular flexibility index (Phi) is 3.97. The fourth-order valence-electron chi connectivity index (χ4n) is 1.80. The molecule has 1 heterocycles. The molecule has 1 aromatic rings. The molecule has 1 fully saturated rings. The molecule has 0 unspecified atom stereocenters. The molecule has 16 heavy (non-hydrogen) atoms. The first kappa shape index (κ1) is 12.5. The summed E-state index contributed by atoms with van der Waals surface area (Å²) in [6.45, 7) is 0.789. The van der Waals surface area contributed by atoms with Gasteiger partial charge in [-0.25, -0.2) is 0 Å². The molecule has 1 aliphatic carbocycles. The fraction of sp³-hybridized carbons (Fsp3) is 0.545. The zero-order chi connectivity index (χ0) is 11.6. The summed E-state index contributed by atoms with van der Waals surface area (Å²) in [5.41, 5.74) is 0. The molecule has 1 N–H and O–H groups in total. The van der Waals surface area contributed by atoms with Crippen molar-refractivity contribution in [3.63, 3.8) is 0 Å². The topological polar surface area (TPSA) is 29.1 Å². The van der Waals surface area contributed by atoms with Crippen LogP contribution < -0.4 is 5.32 Å². The van der Waals surface area contributed by atoms with Gasteiger partial charge in [0.2, 0.25) is 0 Å². The number of carbonyl (C=O) groups excluding carboxylic acids is 1. The molecule has 0 bridgehead atoms. The van der Waals surface area contributed by atoms with E-state index < -0.39 is 0 Å². The van der Waals surface area contributed by atoms with Crippen LogP contribution in [0.25, 0.3) is 0 Å². The maximum Gasteiger partial charge on any atom is 0.262 e. The third-order valence-electron chi connectivity index (χ3n) is 3.09. The number of nitrogens with one attached hydrogen (secondary N) is 1. The van der Waals surface area contributed by atoms with E-state index >= 15 is 0 Å². The molecular weight excluding hydrogens is 306 g/mol. The van der Waals surface area contributed by atoms with Crippen LogP contribution in [-0.2, 0) is 0 Å². The van der Waals surface area contributed by atoms with Gasteiger partial charge in [-0.05, 0) is 46.5 Å². The van der Waals surface area contributed by atoms with E-state index in [2.05, 4.69) is 27.5 Å². The van der Waals surface area contributed by atoms with Gasteiger partial charge in [0.1, 0.15) is 4.88 Å². The highest BCUT2D eigenvalue weighted by Crippen LogP contribution is 2.42. The Morgan fingerprint density at radius 2 is 2.44 bits per heavy atom. The molecule has 1 aromatic heterocycles. The number of amides is 1. The molecule has 0 aromatic carbocycles. The van der Waals surface area contributed by atoms with Crippen molar-refractivity contribution in [1.82, 2.24) is 5.32 Å². The van der Waals surface area contributed by atoms with Crippen molar-refractivity contribution in [2.24, 2.45) is 0 Å². The quantitative estimate of drug-likeness (QED) is 0.919. The Morgan fingerprint density at radius 3 is 2.88 bits per heavy atom. The lowest BCUT2D eigenvalue weighted by Gasteiger charge is -2.40. The van der Waals surface area contributed by atoms with E-state index in [1.165, 1.54) is 30.6 Å². The number of thioether (sulfide) groups is 1. The van der Waals surface area contributed by atoms with Crippen molar-refractivity contribution in [3.05, 3.63) is 20.8 Å². The van der Waals surface area contributed by atoms with Crippen LogP contribution in [0.2, 0.25) is 0 Å². The predicted molar refractivity (Wildman–Crippen MR) is 74.4 cm³/mol. The van der Waals surface area contributed by atoms with E-state index in [1.54, 1.807) is 0 Å². The minimum Gasteiger partial charge on any atom is -0.350 e. The normalized spacial score (nSPS) is 17.9. The summed E-state index contributed by atoms with van der Waals surface area (Å²) in [4.78, 5) is 12.7. The largest absolute Gasteiger partial charge is 0.350 e. The lowest BCUT2D eigenvalue weighted by atomic mass is 9.84. The molecule has 2 rings (SSSR count). The molecule has 2 nitrogen and oxygen atoms in total. The van der Waals surface area contributed by atoms with E-state index in [0.717, 1.165) is 15.9 Å². The number of thiophene rings is 1. The molecule has 0 aliphatic heterocycles. The maximum atomic E-state index is 11.9. The van der Waals surface area contributed by atoms with Gasteiger partial charge < -0.3 is 5.32 Å². The summed E-state index contributed by atoms with van der Waals surface area (Å²) >= 11 is 6.73. The van der Waals surface area contributed by atoms with Gasteiger partial charge in [0.25, 0.3) is 5.91 Å². The van der Waals surface area contributed by atoms with Crippen LogP contribution >= 0.6 is 39.0 Å². The van der Waals surface area contributed by atoms with Crippen LogP contribution in [0.4, 0.5) is 0 Å². The molecule has 1 amide bonds. The number of halogens is 1. The standard InChI is InChI=1S/C11H14BrNOS2/c1-15-11(4-2-5-11)7-13-10(14)9-8(12)3-6-16-9/h3,6H,2,4-5,7H2,1H3,(H,13,14). The van der Waals surface area contributed by atoms with Crippen LogP contribution in [0.5, 0.6) is 0 Å². The molecule has 0 atom stereocenters. The third-order valence-corrected chi connectivity index (χ3v) is 6.35. The van der Waals surface area contributed by atoms with Gasteiger partial charge >= 0.3 is 0 Å². The number of carbonyl (C=O) groups is 1. The lowest BCUT2D eigenvalue weighted by molar-refractivity contribution is 0.0947. The first-order valence-electron chi connectivity index (χ1n) is 5.23. The predicted octanol–water partition coefficient (Wildman–Crippen LogP) is 3.53. The van der Waals surface area contributed by atoms with Crippen LogP contribution in [0.15, 0.2) is 15.9 Å². The average molecular weight is 320 g/mol. The second-order valence-electron chi connectivity index (χ2n) is 4.02. The average Bonchev–Trinajstić information content (AvgIpc) is 2.63. The first-order valence-corrected chi connectivity index (χ1v) is 8.13. The van der Waals surface area contributed by atoms with Crippen molar-refractivity contribution in [2.45, 2.75) is 24.0 Å². The molecule has 1 aliphatic rings. The van der Waals surface area contributed by atoms with Crippen molar-refractivity contribution in [1.29, 1.82) is 0 Å². The van der Waals surface area contributed by atoms with E-state index in [-0.39, 0.29) is 5.91 Å². The van der Waals surface area contributed by atoms with Gasteiger partial charge in [-0.1, -0.05) is 6.42 Å². The zero-order valence-electron chi connectivity index (χ0n) is 9.09. The van der Waals surface area contributed by atoms with Crippen molar-refractivity contribution in [2.75, 3.05) is 12.8 Å². The summed E-state index contributed by atoms with van der Waals surface area (Å²) in [6.07, 6.45) is 5.87. The van der Waals surface area contributed by atoms with Gasteiger partial charge in [0.15, 0.2) is 0 Å². The van der Waals surface area contributed by atoms with Crippen LogP contribution in [0.3, 0.4) is 0 Å². The van der Waals surface area contributed by atoms with Crippen LogP contribution in [-0.4, -0.2) is 23.5 Å². The molecule has 1 saturated carbocycles. The number of rotatable bonds is 4. The summed E-state index contributed by atoms with van der Waals surface area (Å²) in [7, 11) is 0. The van der Waals surface area contributed by atoms with Gasteiger partial charge in [0.05, 0.1) is 0 Å². The Balaban J connectivity index is 1.91. The SMILES string of the molecule is CSC1(CNC(=O)c2sccc2Br)CCC1. The molecule has 88 valence electrons. The van der Waals surface area contributed by atoms with Crippen molar-refractivity contribution < 1.29 is 4.79 Å². The molecule has 0 spiro atoms. The van der Waals surface area contributed by atoms with E-state index in [0.29, 0.717) is 4.75 Å². The second kappa shape index (κ2) is 5.10. The van der Waals surface area contributed by atoms with Crippen molar-refractivity contribution >= 4 is 44.9 Å². The molecule has 5 heteroatoms. The maximum absolute atomic E-state index is 11.9. The van der Waals surface area contributed by atoms with Gasteiger partial charge in [-0.15, -0.1) is 11.3 Å². The summed E-state index contributed by atoms with van der Waals surface area (Å²) in [5.74, 6) is 0.0437. The third kappa shape index (κ3) is 2.46. The van der Waals surface area contributed by atoms with Crippen LogP contribution in [0, 0.1) is 0 Å². The lowest BCUT2D eigenvalue weighted by Crippen LogP contribution is -2.45. The van der Waals surface area contributed by atoms with E-state index in [1.807, 2.05) is 23.2 Å². The smallest absolute Gasteiger partial charge is 0.262 e. The first-order chi connectivity index (χ1) is 7.67. The highest BCUT2D eigenvalue weighted by atomic mass is 79.9. The van der Waals surface area contributed by atoms with Crippen LogP contribution in [0.1, 0.15) is 28.9 Å². The molecule has 0 saturated heterocycles. The fourth-order valence-corrected chi connectivity index (χ4v) is 4.18. The summed E-state index contributed by atoms with van der Waals surface area (Å²) < 4.78 is 1.20. The molecule has 0 radical (unpaired) electrons. The minimum atomic E-state index is 0.0437. The van der Waals surface area contributed by atoms with Gasteiger partial charge in [-0.2, -0.15) is 11.8 Å². The zero-order valence-corrected chi connectivity index (χ0v) is 12.3. The Hall–Kier alpha value is -0.000000000000000111. The highest BCUT2D eigenvalue weighted by Gasteiger charge is 2.36. The Bertz CT molecular complexity index is 382. The van der Waals surface area contributed by atoms with Crippen molar-refractivity contribution in [3.8, 4) is 0 Å². The Labute approximate surface area is 112 Å². The Morgan fingerprint density at radius 1 is 1.69 bits per heavy atom. The number of hydrogen-bond acceptors (Lipinski definition) is 3.